The van der Waals surface area contributed by atoms with Gasteiger partial charge in [0.05, 0.1) is 6.54 Å². The fourth-order valence-electron chi connectivity index (χ4n) is 3.28. The number of carbonyl (C=O) groups excluding carboxylic acids is 1. The SMILES string of the molecule is O=C1CC2(CCNCC2)CN1CCOc1ccc(Br)cc1. The molecule has 1 aromatic carbocycles. The van der Waals surface area contributed by atoms with Gasteiger partial charge in [0, 0.05) is 17.4 Å². The topological polar surface area (TPSA) is 41.6 Å². The Hall–Kier alpha value is -1.07. The molecular weight excluding hydrogens is 332 g/mol. The van der Waals surface area contributed by atoms with Crippen LogP contribution < -0.4 is 10.1 Å². The number of nitrogens with one attached hydrogen (secondary N) is 1. The van der Waals surface area contributed by atoms with E-state index in [4.69, 9.17) is 4.74 Å². The second kappa shape index (κ2) is 6.36. The summed E-state index contributed by atoms with van der Waals surface area (Å²) in [5.74, 6) is 1.14. The van der Waals surface area contributed by atoms with Crippen molar-refractivity contribution >= 4 is 21.8 Å². The largest absolute Gasteiger partial charge is 0.492 e. The Morgan fingerprint density at radius 2 is 1.95 bits per heavy atom. The number of nitrogens with zero attached hydrogens (tertiary/aromatic N) is 1. The number of ether oxygens (including phenoxy) is 1. The molecule has 4 nitrogen and oxygen atoms in total. The lowest BCUT2D eigenvalue weighted by molar-refractivity contribution is -0.128. The number of carbonyl (C=O) groups is 1. The summed E-state index contributed by atoms with van der Waals surface area (Å²) in [5.41, 5.74) is 0.222. The van der Waals surface area contributed by atoms with Gasteiger partial charge in [0.25, 0.3) is 0 Å². The Balaban J connectivity index is 1.49. The van der Waals surface area contributed by atoms with Gasteiger partial charge in [-0.3, -0.25) is 4.79 Å². The summed E-state index contributed by atoms with van der Waals surface area (Å²) in [7, 11) is 0. The molecule has 0 unspecified atom stereocenters. The highest BCUT2D eigenvalue weighted by Crippen LogP contribution is 2.39. The van der Waals surface area contributed by atoms with Crippen LogP contribution >= 0.6 is 15.9 Å². The molecule has 0 saturated carbocycles. The smallest absolute Gasteiger partial charge is 0.223 e. The zero-order chi connectivity index (χ0) is 14.7. The Labute approximate surface area is 134 Å². The van der Waals surface area contributed by atoms with Gasteiger partial charge in [-0.25, -0.2) is 0 Å². The summed E-state index contributed by atoms with van der Waals surface area (Å²) in [4.78, 5) is 14.2. The fraction of sp³-hybridized carbons (Fsp3) is 0.562. The van der Waals surface area contributed by atoms with Crippen LogP contribution in [0.3, 0.4) is 0 Å². The molecule has 0 radical (unpaired) electrons. The quantitative estimate of drug-likeness (QED) is 0.904. The van der Waals surface area contributed by atoms with Gasteiger partial charge in [0.1, 0.15) is 12.4 Å². The van der Waals surface area contributed by atoms with Gasteiger partial charge in [-0.2, -0.15) is 0 Å². The number of likely N-dealkylation sites (tertiary alicyclic amines) is 1. The van der Waals surface area contributed by atoms with E-state index in [1.807, 2.05) is 29.2 Å². The molecule has 3 rings (SSSR count). The molecule has 2 heterocycles. The van der Waals surface area contributed by atoms with Crippen molar-refractivity contribution in [2.75, 3.05) is 32.8 Å². The van der Waals surface area contributed by atoms with E-state index >= 15 is 0 Å². The summed E-state index contributed by atoms with van der Waals surface area (Å²) < 4.78 is 6.76. The highest BCUT2D eigenvalue weighted by molar-refractivity contribution is 9.10. The van der Waals surface area contributed by atoms with Crippen molar-refractivity contribution in [3.05, 3.63) is 28.7 Å². The summed E-state index contributed by atoms with van der Waals surface area (Å²) in [5, 5.41) is 3.38. The minimum atomic E-state index is 0.222. The molecule has 0 bridgehead atoms. The van der Waals surface area contributed by atoms with E-state index in [1.54, 1.807) is 0 Å². The molecule has 2 fully saturated rings. The molecule has 21 heavy (non-hydrogen) atoms. The normalized spacial score (nSPS) is 21.0. The van der Waals surface area contributed by atoms with Gasteiger partial charge in [-0.1, -0.05) is 15.9 Å². The lowest BCUT2D eigenvalue weighted by Crippen LogP contribution is -2.39. The average Bonchev–Trinajstić information content (AvgIpc) is 2.78. The van der Waals surface area contributed by atoms with E-state index in [9.17, 15) is 4.79 Å². The van der Waals surface area contributed by atoms with Crippen LogP contribution in [0.1, 0.15) is 19.3 Å². The number of hydrogen-bond donors (Lipinski definition) is 1. The van der Waals surface area contributed by atoms with E-state index in [0.29, 0.717) is 19.6 Å². The Kier molecular flexibility index (Phi) is 4.50. The second-order valence-corrected chi connectivity index (χ2v) is 6.96. The summed E-state index contributed by atoms with van der Waals surface area (Å²) in [6.45, 7) is 4.22. The zero-order valence-corrected chi connectivity index (χ0v) is 13.7. The van der Waals surface area contributed by atoms with Crippen molar-refractivity contribution in [3.63, 3.8) is 0 Å². The van der Waals surface area contributed by atoms with Crippen molar-refractivity contribution in [2.45, 2.75) is 19.3 Å². The number of piperidine rings is 1. The maximum Gasteiger partial charge on any atom is 0.223 e. The highest BCUT2D eigenvalue weighted by Gasteiger charge is 2.43. The average molecular weight is 353 g/mol. The molecule has 2 aliphatic rings. The summed E-state index contributed by atoms with van der Waals surface area (Å²) >= 11 is 3.40. The van der Waals surface area contributed by atoms with Crippen LogP contribution in [-0.2, 0) is 4.79 Å². The molecule has 0 aromatic heterocycles. The second-order valence-electron chi connectivity index (χ2n) is 6.04. The minimum Gasteiger partial charge on any atom is -0.492 e. The maximum absolute atomic E-state index is 12.2. The molecule has 0 aliphatic carbocycles. The van der Waals surface area contributed by atoms with Crippen molar-refractivity contribution in [1.82, 2.24) is 10.2 Å². The van der Waals surface area contributed by atoms with Gasteiger partial charge in [-0.05, 0) is 55.6 Å². The first kappa shape index (κ1) is 14.9. The van der Waals surface area contributed by atoms with E-state index in [2.05, 4.69) is 21.2 Å². The van der Waals surface area contributed by atoms with E-state index < -0.39 is 0 Å². The zero-order valence-electron chi connectivity index (χ0n) is 12.1. The van der Waals surface area contributed by atoms with Gasteiger partial charge in [-0.15, -0.1) is 0 Å². The van der Waals surface area contributed by atoms with Crippen molar-refractivity contribution in [2.24, 2.45) is 5.41 Å². The number of benzene rings is 1. The molecule has 114 valence electrons. The molecule has 5 heteroatoms. The molecule has 0 atom stereocenters. The van der Waals surface area contributed by atoms with Crippen molar-refractivity contribution in [1.29, 1.82) is 0 Å². The number of amides is 1. The predicted molar refractivity (Wildman–Crippen MR) is 85.4 cm³/mol. The third kappa shape index (κ3) is 3.58. The first-order valence-electron chi connectivity index (χ1n) is 7.54. The third-order valence-electron chi connectivity index (χ3n) is 4.51. The van der Waals surface area contributed by atoms with Crippen LogP contribution in [0.2, 0.25) is 0 Å². The molecular formula is C16H21BrN2O2. The van der Waals surface area contributed by atoms with Gasteiger partial charge < -0.3 is 15.0 Å². The van der Waals surface area contributed by atoms with E-state index in [1.165, 1.54) is 0 Å². The van der Waals surface area contributed by atoms with Crippen LogP contribution in [0.5, 0.6) is 5.75 Å². The minimum absolute atomic E-state index is 0.222. The third-order valence-corrected chi connectivity index (χ3v) is 5.04. The summed E-state index contributed by atoms with van der Waals surface area (Å²) in [6.07, 6.45) is 2.94. The number of hydrogen-bond acceptors (Lipinski definition) is 3. The van der Waals surface area contributed by atoms with E-state index in [-0.39, 0.29) is 11.3 Å². The Bertz CT molecular complexity index is 498. The van der Waals surface area contributed by atoms with Crippen LogP contribution in [0, 0.1) is 5.41 Å². The van der Waals surface area contributed by atoms with Crippen LogP contribution in [0.15, 0.2) is 28.7 Å². The lowest BCUT2D eigenvalue weighted by Gasteiger charge is -2.33. The molecule has 1 aromatic rings. The van der Waals surface area contributed by atoms with Gasteiger partial charge in [0.15, 0.2) is 0 Å². The van der Waals surface area contributed by atoms with Gasteiger partial charge >= 0.3 is 0 Å². The molecule has 1 N–H and O–H groups in total. The van der Waals surface area contributed by atoms with Gasteiger partial charge in [0.2, 0.25) is 5.91 Å². The monoisotopic (exact) mass is 352 g/mol. The predicted octanol–water partition coefficient (Wildman–Crippen LogP) is 2.43. The number of halogens is 1. The van der Waals surface area contributed by atoms with Crippen LogP contribution in [0.25, 0.3) is 0 Å². The van der Waals surface area contributed by atoms with Crippen molar-refractivity contribution < 1.29 is 9.53 Å². The molecule has 1 spiro atoms. The summed E-state index contributed by atoms with van der Waals surface area (Å²) in [6, 6.07) is 7.79. The fourth-order valence-corrected chi connectivity index (χ4v) is 3.55. The standard InChI is InChI=1S/C16H21BrN2O2/c17-13-1-3-14(4-2-13)21-10-9-19-12-16(11-15(19)20)5-7-18-8-6-16/h1-4,18H,5-12H2. The maximum atomic E-state index is 12.2. The highest BCUT2D eigenvalue weighted by atomic mass is 79.9. The van der Waals surface area contributed by atoms with E-state index in [0.717, 1.165) is 42.7 Å². The first-order chi connectivity index (χ1) is 10.2. The van der Waals surface area contributed by atoms with Crippen LogP contribution in [-0.4, -0.2) is 43.6 Å². The molecule has 2 aliphatic heterocycles. The molecule has 2 saturated heterocycles. The molecule has 1 amide bonds. The lowest BCUT2D eigenvalue weighted by atomic mass is 9.78. The first-order valence-corrected chi connectivity index (χ1v) is 8.33. The number of rotatable bonds is 4. The van der Waals surface area contributed by atoms with Crippen LogP contribution in [0.4, 0.5) is 0 Å². The van der Waals surface area contributed by atoms with Crippen molar-refractivity contribution in [3.8, 4) is 5.75 Å². The Morgan fingerprint density at radius 1 is 1.24 bits per heavy atom. The Morgan fingerprint density at radius 3 is 2.67 bits per heavy atom.